The van der Waals surface area contributed by atoms with Crippen LogP contribution in [0.5, 0.6) is 0 Å². The van der Waals surface area contributed by atoms with Gasteiger partial charge in [0.25, 0.3) is 0 Å². The lowest BCUT2D eigenvalue weighted by Gasteiger charge is -2.24. The maximum Gasteiger partial charge on any atom is 0.145 e. The molecule has 86 valence electrons. The fourth-order valence-electron chi connectivity index (χ4n) is 1.30. The number of hydrazine groups is 1. The van der Waals surface area contributed by atoms with Crippen molar-refractivity contribution in [3.8, 4) is 6.07 Å². The van der Waals surface area contributed by atoms with Gasteiger partial charge in [-0.1, -0.05) is 0 Å². The van der Waals surface area contributed by atoms with E-state index in [1.807, 2.05) is 18.9 Å². The molecule has 0 aliphatic heterocycles. The number of aryl methyl sites for hydroxylation is 1. The van der Waals surface area contributed by atoms with Crippen molar-refractivity contribution in [2.24, 2.45) is 5.84 Å². The Kier molecular flexibility index (Phi) is 4.03. The zero-order valence-electron chi connectivity index (χ0n) is 9.73. The molecule has 0 radical (unpaired) electrons. The van der Waals surface area contributed by atoms with E-state index in [0.29, 0.717) is 18.1 Å². The molecule has 1 heterocycles. The third-order valence-electron chi connectivity index (χ3n) is 2.38. The number of nitrogens with one attached hydrogen (secondary N) is 1. The Balaban J connectivity index is 2.95. The smallest absolute Gasteiger partial charge is 0.145 e. The number of nitrogens with two attached hydrogens (primary N) is 1. The number of hydrogen-bond acceptors (Lipinski definition) is 6. The number of rotatable bonds is 4. The van der Waals surface area contributed by atoms with Crippen LogP contribution in [0.4, 0.5) is 11.6 Å². The SMILES string of the molecule is Cc1nc(NN)cc(N(C)C(C)CC#N)n1. The maximum atomic E-state index is 8.65. The van der Waals surface area contributed by atoms with Crippen LogP contribution in [0.2, 0.25) is 0 Å². The Hall–Kier alpha value is -1.87. The van der Waals surface area contributed by atoms with E-state index in [-0.39, 0.29) is 6.04 Å². The summed E-state index contributed by atoms with van der Waals surface area (Å²) in [7, 11) is 1.89. The van der Waals surface area contributed by atoms with E-state index in [2.05, 4.69) is 21.5 Å². The summed E-state index contributed by atoms with van der Waals surface area (Å²) in [6, 6.07) is 3.99. The molecule has 0 fully saturated rings. The van der Waals surface area contributed by atoms with Crippen LogP contribution in [-0.4, -0.2) is 23.1 Å². The fraction of sp³-hybridized carbons (Fsp3) is 0.500. The number of nitriles is 1. The van der Waals surface area contributed by atoms with E-state index in [0.717, 1.165) is 5.82 Å². The lowest BCUT2D eigenvalue weighted by molar-refractivity contribution is 0.691. The fourth-order valence-corrected chi connectivity index (χ4v) is 1.30. The van der Waals surface area contributed by atoms with Crippen LogP contribution >= 0.6 is 0 Å². The van der Waals surface area contributed by atoms with Crippen molar-refractivity contribution in [1.82, 2.24) is 9.97 Å². The largest absolute Gasteiger partial charge is 0.356 e. The second-order valence-electron chi connectivity index (χ2n) is 3.63. The number of nitrogen functional groups attached to an aromatic ring is 1. The molecule has 0 bridgehead atoms. The van der Waals surface area contributed by atoms with Crippen LogP contribution in [0.3, 0.4) is 0 Å². The van der Waals surface area contributed by atoms with Gasteiger partial charge in [0.15, 0.2) is 0 Å². The third-order valence-corrected chi connectivity index (χ3v) is 2.38. The summed E-state index contributed by atoms with van der Waals surface area (Å²) in [5.74, 6) is 7.27. The molecule has 0 spiro atoms. The molecule has 0 saturated carbocycles. The number of hydrogen-bond donors (Lipinski definition) is 2. The average Bonchev–Trinajstić information content (AvgIpc) is 2.27. The zero-order chi connectivity index (χ0) is 12.1. The van der Waals surface area contributed by atoms with Crippen molar-refractivity contribution in [1.29, 1.82) is 5.26 Å². The van der Waals surface area contributed by atoms with Gasteiger partial charge in [-0.15, -0.1) is 0 Å². The number of aromatic nitrogens is 2. The highest BCUT2D eigenvalue weighted by Crippen LogP contribution is 2.16. The maximum absolute atomic E-state index is 8.65. The molecule has 6 heteroatoms. The Morgan fingerprint density at radius 2 is 2.31 bits per heavy atom. The van der Waals surface area contributed by atoms with E-state index in [1.54, 1.807) is 13.0 Å². The van der Waals surface area contributed by atoms with Crippen LogP contribution < -0.4 is 16.2 Å². The van der Waals surface area contributed by atoms with Gasteiger partial charge in [0.1, 0.15) is 17.5 Å². The highest BCUT2D eigenvalue weighted by atomic mass is 15.3. The molecule has 0 aliphatic rings. The molecule has 1 atom stereocenters. The summed E-state index contributed by atoms with van der Waals surface area (Å²) in [5, 5.41) is 8.65. The van der Waals surface area contributed by atoms with E-state index < -0.39 is 0 Å². The topological polar surface area (TPSA) is 90.9 Å². The standard InChI is InChI=1S/C10H16N6/c1-7(4-5-11)16(3)10-6-9(15-12)13-8(2)14-10/h6-7H,4,12H2,1-3H3,(H,13,14,15). The summed E-state index contributed by atoms with van der Waals surface area (Å²) in [6.07, 6.45) is 0.449. The first-order valence-electron chi connectivity index (χ1n) is 5.00. The summed E-state index contributed by atoms with van der Waals surface area (Å²) in [4.78, 5) is 10.3. The minimum absolute atomic E-state index is 0.102. The Morgan fingerprint density at radius 3 is 2.88 bits per heavy atom. The second-order valence-corrected chi connectivity index (χ2v) is 3.63. The summed E-state index contributed by atoms with van der Waals surface area (Å²) in [5.41, 5.74) is 2.49. The van der Waals surface area contributed by atoms with Gasteiger partial charge < -0.3 is 10.3 Å². The molecule has 1 rings (SSSR count). The summed E-state index contributed by atoms with van der Waals surface area (Å²) >= 11 is 0. The Labute approximate surface area is 95.1 Å². The first kappa shape index (κ1) is 12.2. The molecule has 0 amide bonds. The minimum Gasteiger partial charge on any atom is -0.356 e. The summed E-state index contributed by atoms with van der Waals surface area (Å²) in [6.45, 7) is 3.77. The Morgan fingerprint density at radius 1 is 1.62 bits per heavy atom. The van der Waals surface area contributed by atoms with E-state index in [9.17, 15) is 0 Å². The molecule has 6 nitrogen and oxygen atoms in total. The quantitative estimate of drug-likeness (QED) is 0.576. The van der Waals surface area contributed by atoms with E-state index in [1.165, 1.54) is 0 Å². The van der Waals surface area contributed by atoms with Gasteiger partial charge in [0, 0.05) is 19.2 Å². The van der Waals surface area contributed by atoms with Crippen molar-refractivity contribution >= 4 is 11.6 Å². The van der Waals surface area contributed by atoms with Crippen molar-refractivity contribution in [2.75, 3.05) is 17.4 Å². The van der Waals surface area contributed by atoms with Gasteiger partial charge in [0.05, 0.1) is 12.5 Å². The van der Waals surface area contributed by atoms with Crippen LogP contribution in [0, 0.1) is 18.3 Å². The monoisotopic (exact) mass is 220 g/mol. The molecule has 0 saturated heterocycles. The van der Waals surface area contributed by atoms with E-state index >= 15 is 0 Å². The Bertz CT molecular complexity index is 397. The molecule has 16 heavy (non-hydrogen) atoms. The predicted octanol–water partition coefficient (Wildman–Crippen LogP) is 0.809. The van der Waals surface area contributed by atoms with Crippen LogP contribution in [0.25, 0.3) is 0 Å². The van der Waals surface area contributed by atoms with Gasteiger partial charge in [-0.05, 0) is 13.8 Å². The van der Waals surface area contributed by atoms with Crippen molar-refractivity contribution in [3.63, 3.8) is 0 Å². The molecular formula is C10H16N6. The minimum atomic E-state index is 0.102. The van der Waals surface area contributed by atoms with Crippen LogP contribution in [-0.2, 0) is 0 Å². The average molecular weight is 220 g/mol. The van der Waals surface area contributed by atoms with Gasteiger partial charge in [-0.3, -0.25) is 0 Å². The van der Waals surface area contributed by atoms with Gasteiger partial charge in [-0.2, -0.15) is 5.26 Å². The van der Waals surface area contributed by atoms with Crippen molar-refractivity contribution in [3.05, 3.63) is 11.9 Å². The molecule has 3 N–H and O–H groups in total. The summed E-state index contributed by atoms with van der Waals surface area (Å²) < 4.78 is 0. The molecule has 1 aromatic heterocycles. The number of nitrogens with zero attached hydrogens (tertiary/aromatic N) is 4. The molecule has 0 aromatic carbocycles. The lowest BCUT2D eigenvalue weighted by Crippen LogP contribution is -2.29. The zero-order valence-corrected chi connectivity index (χ0v) is 9.73. The molecule has 1 unspecified atom stereocenters. The number of anilines is 2. The molecule has 1 aromatic rings. The lowest BCUT2D eigenvalue weighted by atomic mass is 10.2. The first-order valence-corrected chi connectivity index (χ1v) is 5.00. The molecular weight excluding hydrogens is 204 g/mol. The molecule has 0 aliphatic carbocycles. The van der Waals surface area contributed by atoms with E-state index in [4.69, 9.17) is 11.1 Å². The van der Waals surface area contributed by atoms with Gasteiger partial charge >= 0.3 is 0 Å². The predicted molar refractivity (Wildman–Crippen MR) is 62.7 cm³/mol. The van der Waals surface area contributed by atoms with Crippen molar-refractivity contribution in [2.45, 2.75) is 26.3 Å². The second kappa shape index (κ2) is 5.28. The van der Waals surface area contributed by atoms with Gasteiger partial charge in [0.2, 0.25) is 0 Å². The normalized spacial score (nSPS) is 11.7. The van der Waals surface area contributed by atoms with Gasteiger partial charge in [-0.25, -0.2) is 15.8 Å². The third kappa shape index (κ3) is 2.81. The highest BCUT2D eigenvalue weighted by molar-refractivity contribution is 5.48. The first-order chi connectivity index (χ1) is 7.58. The van der Waals surface area contributed by atoms with Crippen molar-refractivity contribution < 1.29 is 0 Å². The van der Waals surface area contributed by atoms with Crippen LogP contribution in [0.1, 0.15) is 19.2 Å². The van der Waals surface area contributed by atoms with Crippen LogP contribution in [0.15, 0.2) is 6.07 Å². The highest BCUT2D eigenvalue weighted by Gasteiger charge is 2.12.